The molecule has 0 saturated carbocycles. The molecule has 1 rings (SSSR count). The Morgan fingerprint density at radius 2 is 1.95 bits per heavy atom. The van der Waals surface area contributed by atoms with Gasteiger partial charge in [0.2, 0.25) is 0 Å². The quantitative estimate of drug-likeness (QED) is 0.742. The first-order valence-corrected chi connectivity index (χ1v) is 7.37. The van der Waals surface area contributed by atoms with Crippen LogP contribution < -0.4 is 5.32 Å². The van der Waals surface area contributed by atoms with Gasteiger partial charge < -0.3 is 10.1 Å². The molecule has 4 nitrogen and oxygen atoms in total. The number of aromatic nitrogens is 1. The van der Waals surface area contributed by atoms with E-state index in [4.69, 9.17) is 9.72 Å². The van der Waals surface area contributed by atoms with Gasteiger partial charge in [-0.15, -0.1) is 0 Å². The van der Waals surface area contributed by atoms with Gasteiger partial charge in [-0.2, -0.15) is 0 Å². The summed E-state index contributed by atoms with van der Waals surface area (Å²) in [5.74, 6) is 0. The van der Waals surface area contributed by atoms with Gasteiger partial charge in [-0.3, -0.25) is 9.88 Å². The maximum atomic E-state index is 5.37. The molecule has 1 aromatic rings. The highest BCUT2D eigenvalue weighted by atomic mass is 16.5. The van der Waals surface area contributed by atoms with E-state index in [9.17, 15) is 0 Å². The number of hydrogen-bond acceptors (Lipinski definition) is 4. The molecule has 0 unspecified atom stereocenters. The lowest BCUT2D eigenvalue weighted by Gasteiger charge is -2.20. The maximum Gasteiger partial charge on any atom is 0.0593 e. The Kier molecular flexibility index (Phi) is 7.13. The van der Waals surface area contributed by atoms with E-state index in [1.54, 1.807) is 0 Å². The lowest BCUT2D eigenvalue weighted by molar-refractivity contribution is 0.120. The molecule has 0 bridgehead atoms. The molecule has 1 N–H and O–H groups in total. The van der Waals surface area contributed by atoms with Crippen LogP contribution in [0.2, 0.25) is 0 Å². The number of nitrogens with zero attached hydrogens (tertiary/aromatic N) is 2. The van der Waals surface area contributed by atoms with Gasteiger partial charge in [-0.25, -0.2) is 0 Å². The maximum absolute atomic E-state index is 5.37. The molecule has 0 aliphatic carbocycles. The molecule has 1 heterocycles. The van der Waals surface area contributed by atoms with Crippen LogP contribution in [0.5, 0.6) is 0 Å². The molecule has 0 radical (unpaired) electrons. The van der Waals surface area contributed by atoms with Gasteiger partial charge in [-0.1, -0.05) is 6.07 Å². The molecule has 0 atom stereocenters. The monoisotopic (exact) mass is 279 g/mol. The predicted octanol–water partition coefficient (Wildman–Crippen LogP) is 2.44. The number of pyridine rings is 1. The Hall–Kier alpha value is -0.970. The number of rotatable bonds is 8. The summed E-state index contributed by atoms with van der Waals surface area (Å²) in [5, 5.41) is 3.46. The molecule has 1 aromatic heterocycles. The van der Waals surface area contributed by atoms with Crippen molar-refractivity contribution in [3.8, 4) is 0 Å². The molecule has 0 aliphatic rings. The normalized spacial score (nSPS) is 12.1. The lowest BCUT2D eigenvalue weighted by atomic mass is 10.1. The van der Waals surface area contributed by atoms with E-state index in [2.05, 4.69) is 56.2 Å². The topological polar surface area (TPSA) is 37.4 Å². The van der Waals surface area contributed by atoms with Crippen LogP contribution in [0, 0.1) is 0 Å². The van der Waals surface area contributed by atoms with E-state index in [-0.39, 0.29) is 5.54 Å². The molecule has 0 aliphatic heterocycles. The third kappa shape index (κ3) is 7.58. The zero-order valence-electron chi connectivity index (χ0n) is 13.6. The van der Waals surface area contributed by atoms with Crippen LogP contribution in [0.25, 0.3) is 0 Å². The minimum atomic E-state index is 0.117. The Morgan fingerprint density at radius 3 is 2.60 bits per heavy atom. The van der Waals surface area contributed by atoms with Gasteiger partial charge >= 0.3 is 0 Å². The minimum absolute atomic E-state index is 0.117. The van der Waals surface area contributed by atoms with Crippen molar-refractivity contribution in [2.45, 2.75) is 46.3 Å². The Morgan fingerprint density at radius 1 is 1.25 bits per heavy atom. The van der Waals surface area contributed by atoms with Crippen molar-refractivity contribution in [2.24, 2.45) is 0 Å². The first-order valence-electron chi connectivity index (χ1n) is 7.37. The second-order valence-corrected chi connectivity index (χ2v) is 6.16. The van der Waals surface area contributed by atoms with Gasteiger partial charge in [-0.05, 0) is 46.9 Å². The van der Waals surface area contributed by atoms with Crippen LogP contribution in [-0.2, 0) is 17.8 Å². The van der Waals surface area contributed by atoms with Crippen molar-refractivity contribution in [1.29, 1.82) is 0 Å². The van der Waals surface area contributed by atoms with E-state index in [0.29, 0.717) is 0 Å². The van der Waals surface area contributed by atoms with E-state index in [1.807, 2.05) is 6.92 Å². The minimum Gasteiger partial charge on any atom is -0.380 e. The first kappa shape index (κ1) is 17.1. The average molecular weight is 279 g/mol. The molecule has 0 saturated heterocycles. The van der Waals surface area contributed by atoms with Crippen molar-refractivity contribution in [2.75, 3.05) is 26.8 Å². The second-order valence-electron chi connectivity index (χ2n) is 6.16. The highest BCUT2D eigenvalue weighted by Crippen LogP contribution is 2.05. The summed E-state index contributed by atoms with van der Waals surface area (Å²) in [6.07, 6.45) is 0. The van der Waals surface area contributed by atoms with Crippen LogP contribution >= 0.6 is 0 Å². The number of nitrogens with one attached hydrogen (secondary N) is 1. The van der Waals surface area contributed by atoms with Crippen LogP contribution in [-0.4, -0.2) is 42.2 Å². The van der Waals surface area contributed by atoms with Crippen molar-refractivity contribution in [3.63, 3.8) is 0 Å². The molecule has 0 aromatic carbocycles. The van der Waals surface area contributed by atoms with Crippen LogP contribution in [0.15, 0.2) is 18.2 Å². The highest BCUT2D eigenvalue weighted by molar-refractivity contribution is 5.11. The number of likely N-dealkylation sites (N-methyl/N-ethyl adjacent to an activating group) is 1. The van der Waals surface area contributed by atoms with E-state index >= 15 is 0 Å². The molecule has 0 spiro atoms. The molecule has 4 heteroatoms. The van der Waals surface area contributed by atoms with Crippen molar-refractivity contribution in [3.05, 3.63) is 29.6 Å². The fourth-order valence-electron chi connectivity index (χ4n) is 1.79. The van der Waals surface area contributed by atoms with Gasteiger partial charge in [0.1, 0.15) is 0 Å². The van der Waals surface area contributed by atoms with Crippen LogP contribution in [0.1, 0.15) is 39.1 Å². The summed E-state index contributed by atoms with van der Waals surface area (Å²) in [7, 11) is 2.10. The third-order valence-electron chi connectivity index (χ3n) is 2.92. The summed E-state index contributed by atoms with van der Waals surface area (Å²) in [6, 6.07) is 6.23. The van der Waals surface area contributed by atoms with Gasteiger partial charge in [0.25, 0.3) is 0 Å². The van der Waals surface area contributed by atoms with Crippen molar-refractivity contribution < 1.29 is 4.74 Å². The van der Waals surface area contributed by atoms with Crippen molar-refractivity contribution >= 4 is 0 Å². The van der Waals surface area contributed by atoms with E-state index < -0.39 is 0 Å². The molecule has 114 valence electrons. The van der Waals surface area contributed by atoms with Gasteiger partial charge in [0, 0.05) is 31.8 Å². The summed E-state index contributed by atoms with van der Waals surface area (Å²) in [5.41, 5.74) is 2.32. The summed E-state index contributed by atoms with van der Waals surface area (Å²) < 4.78 is 5.37. The molecule has 20 heavy (non-hydrogen) atoms. The summed E-state index contributed by atoms with van der Waals surface area (Å²) >= 11 is 0. The molecule has 0 amide bonds. The van der Waals surface area contributed by atoms with Crippen molar-refractivity contribution in [1.82, 2.24) is 15.2 Å². The smallest absolute Gasteiger partial charge is 0.0593 e. The zero-order chi connectivity index (χ0) is 15.0. The molecular formula is C16H29N3O. The number of ether oxygens (including phenoxy) is 1. The predicted molar refractivity (Wildman–Crippen MR) is 83.7 cm³/mol. The fraction of sp³-hybridized carbons (Fsp3) is 0.688. The van der Waals surface area contributed by atoms with Crippen LogP contribution in [0.3, 0.4) is 0 Å². The summed E-state index contributed by atoms with van der Waals surface area (Å²) in [6.45, 7) is 12.7. The van der Waals surface area contributed by atoms with Gasteiger partial charge in [0.05, 0.1) is 18.0 Å². The molecule has 0 fully saturated rings. The fourth-order valence-corrected chi connectivity index (χ4v) is 1.79. The highest BCUT2D eigenvalue weighted by Gasteiger charge is 2.09. The Balaban J connectivity index is 2.46. The second kappa shape index (κ2) is 8.35. The summed E-state index contributed by atoms with van der Waals surface area (Å²) in [4.78, 5) is 6.93. The standard InChI is InChI=1S/C16H29N3O/c1-6-20-11-10-19(5)13-15-9-7-8-14(18-15)12-17-16(2,3)4/h7-9,17H,6,10-13H2,1-5H3. The van der Waals surface area contributed by atoms with E-state index in [1.165, 1.54) is 0 Å². The number of hydrogen-bond donors (Lipinski definition) is 1. The van der Waals surface area contributed by atoms with Gasteiger partial charge in [0.15, 0.2) is 0 Å². The third-order valence-corrected chi connectivity index (χ3v) is 2.92. The average Bonchev–Trinajstić information content (AvgIpc) is 2.36. The van der Waals surface area contributed by atoms with Crippen LogP contribution in [0.4, 0.5) is 0 Å². The lowest BCUT2D eigenvalue weighted by Crippen LogP contribution is -2.35. The van der Waals surface area contributed by atoms with E-state index in [0.717, 1.165) is 44.2 Å². The Labute approximate surface area is 123 Å². The molecular weight excluding hydrogens is 250 g/mol. The first-order chi connectivity index (χ1) is 9.40. The largest absolute Gasteiger partial charge is 0.380 e. The Bertz CT molecular complexity index is 388. The SMILES string of the molecule is CCOCCN(C)Cc1cccc(CNC(C)(C)C)n1. The zero-order valence-corrected chi connectivity index (χ0v) is 13.6.